The van der Waals surface area contributed by atoms with Crippen LogP contribution in [-0.2, 0) is 4.74 Å². The van der Waals surface area contributed by atoms with Crippen LogP contribution in [0.5, 0.6) is 0 Å². The van der Waals surface area contributed by atoms with Crippen molar-refractivity contribution >= 4 is 0 Å². The molecule has 1 N–H and O–H groups in total. The molecule has 2 rings (SSSR count). The number of rotatable bonds is 0. The molecule has 15 heavy (non-hydrogen) atoms. The molecule has 2 nitrogen and oxygen atoms in total. The standard InChI is InChI=1S/C12H12FNO/c13-11-4-1-10(2-5-11)3-6-12-9-14-7-8-15-12/h1-2,4-5,12,14H,7-9H2. The Morgan fingerprint density at radius 2 is 2.13 bits per heavy atom. The molecule has 3 heteroatoms. The average molecular weight is 205 g/mol. The van der Waals surface area contributed by atoms with Crippen molar-refractivity contribution in [3.05, 3.63) is 35.6 Å². The summed E-state index contributed by atoms with van der Waals surface area (Å²) in [4.78, 5) is 0. The summed E-state index contributed by atoms with van der Waals surface area (Å²) in [5, 5.41) is 3.19. The van der Waals surface area contributed by atoms with Gasteiger partial charge in [-0.2, -0.15) is 0 Å². The lowest BCUT2D eigenvalue weighted by Gasteiger charge is -2.18. The molecule has 78 valence electrons. The molecule has 1 aromatic rings. The molecule has 1 unspecified atom stereocenters. The zero-order valence-electron chi connectivity index (χ0n) is 8.29. The fraction of sp³-hybridized carbons (Fsp3) is 0.333. The summed E-state index contributed by atoms with van der Waals surface area (Å²) in [7, 11) is 0. The molecule has 0 aliphatic carbocycles. The summed E-state index contributed by atoms with van der Waals surface area (Å²) in [6, 6.07) is 6.14. The fourth-order valence-corrected chi connectivity index (χ4v) is 1.36. The Bertz CT molecular complexity index is 371. The lowest BCUT2D eigenvalue weighted by molar-refractivity contribution is 0.0651. The molecular weight excluding hydrogens is 193 g/mol. The predicted octanol–water partition coefficient (Wildman–Crippen LogP) is 1.17. The van der Waals surface area contributed by atoms with E-state index < -0.39 is 0 Å². The molecule has 0 spiro atoms. The summed E-state index contributed by atoms with van der Waals surface area (Å²) < 4.78 is 18.0. The van der Waals surface area contributed by atoms with Gasteiger partial charge >= 0.3 is 0 Å². The van der Waals surface area contributed by atoms with E-state index in [1.54, 1.807) is 12.1 Å². The van der Waals surface area contributed by atoms with E-state index in [1.165, 1.54) is 12.1 Å². The molecule has 1 atom stereocenters. The first-order valence-electron chi connectivity index (χ1n) is 4.94. The van der Waals surface area contributed by atoms with E-state index in [9.17, 15) is 4.39 Å². The van der Waals surface area contributed by atoms with Gasteiger partial charge in [0, 0.05) is 18.7 Å². The lowest BCUT2D eigenvalue weighted by atomic mass is 10.2. The second-order valence-electron chi connectivity index (χ2n) is 3.34. The molecule has 1 fully saturated rings. The Labute approximate surface area is 88.4 Å². The van der Waals surface area contributed by atoms with Gasteiger partial charge in [0.1, 0.15) is 11.9 Å². The van der Waals surface area contributed by atoms with Crippen molar-refractivity contribution in [3.63, 3.8) is 0 Å². The highest BCUT2D eigenvalue weighted by Gasteiger charge is 2.08. The van der Waals surface area contributed by atoms with E-state index in [4.69, 9.17) is 4.74 Å². The highest BCUT2D eigenvalue weighted by Crippen LogP contribution is 2.01. The van der Waals surface area contributed by atoms with E-state index in [0.717, 1.165) is 18.7 Å². The monoisotopic (exact) mass is 205 g/mol. The maximum absolute atomic E-state index is 12.6. The van der Waals surface area contributed by atoms with Crippen molar-refractivity contribution in [2.45, 2.75) is 6.10 Å². The van der Waals surface area contributed by atoms with E-state index in [2.05, 4.69) is 17.2 Å². The van der Waals surface area contributed by atoms with Gasteiger partial charge in [-0.05, 0) is 24.3 Å². The first-order valence-corrected chi connectivity index (χ1v) is 4.94. The Balaban J connectivity index is 2.00. The summed E-state index contributed by atoms with van der Waals surface area (Å²) in [6.07, 6.45) is -0.0520. The number of morpholine rings is 1. The van der Waals surface area contributed by atoms with E-state index in [-0.39, 0.29) is 11.9 Å². The summed E-state index contributed by atoms with van der Waals surface area (Å²) in [5.74, 6) is 5.72. The van der Waals surface area contributed by atoms with Crippen LogP contribution >= 0.6 is 0 Å². The average Bonchev–Trinajstić information content (AvgIpc) is 2.30. The maximum atomic E-state index is 12.6. The van der Waals surface area contributed by atoms with Crippen LogP contribution in [0.4, 0.5) is 4.39 Å². The number of halogens is 1. The van der Waals surface area contributed by atoms with Crippen LogP contribution in [-0.4, -0.2) is 25.8 Å². The second-order valence-corrected chi connectivity index (χ2v) is 3.34. The molecule has 0 radical (unpaired) electrons. The normalized spacial score (nSPS) is 20.5. The quantitative estimate of drug-likeness (QED) is 0.642. The first-order chi connectivity index (χ1) is 7.34. The highest BCUT2D eigenvalue weighted by molar-refractivity contribution is 5.35. The van der Waals surface area contributed by atoms with Crippen molar-refractivity contribution in [1.29, 1.82) is 0 Å². The van der Waals surface area contributed by atoms with Crippen LogP contribution in [0.15, 0.2) is 24.3 Å². The van der Waals surface area contributed by atoms with Gasteiger partial charge in [-0.3, -0.25) is 0 Å². The zero-order chi connectivity index (χ0) is 10.5. The Hall–Kier alpha value is -1.37. The van der Waals surface area contributed by atoms with Gasteiger partial charge in [-0.15, -0.1) is 0 Å². The molecule has 1 aliphatic rings. The van der Waals surface area contributed by atoms with Gasteiger partial charge in [0.25, 0.3) is 0 Å². The van der Waals surface area contributed by atoms with Gasteiger partial charge in [0.15, 0.2) is 0 Å². The van der Waals surface area contributed by atoms with Crippen LogP contribution in [0.1, 0.15) is 5.56 Å². The number of hydrogen-bond acceptors (Lipinski definition) is 2. The van der Waals surface area contributed by atoms with Crippen molar-refractivity contribution in [3.8, 4) is 11.8 Å². The van der Waals surface area contributed by atoms with Gasteiger partial charge in [0.2, 0.25) is 0 Å². The molecule has 0 saturated carbocycles. The number of ether oxygens (including phenoxy) is 1. The Morgan fingerprint density at radius 3 is 2.80 bits per heavy atom. The van der Waals surface area contributed by atoms with E-state index >= 15 is 0 Å². The van der Waals surface area contributed by atoms with Gasteiger partial charge in [-0.25, -0.2) is 4.39 Å². The maximum Gasteiger partial charge on any atom is 0.131 e. The summed E-state index contributed by atoms with van der Waals surface area (Å²) >= 11 is 0. The number of hydrogen-bond donors (Lipinski definition) is 1. The molecule has 1 aromatic carbocycles. The molecule has 0 bridgehead atoms. The SMILES string of the molecule is Fc1ccc(C#CC2CNCCO2)cc1. The van der Waals surface area contributed by atoms with Gasteiger partial charge in [0.05, 0.1) is 6.61 Å². The Morgan fingerprint density at radius 1 is 1.33 bits per heavy atom. The minimum Gasteiger partial charge on any atom is -0.363 e. The zero-order valence-corrected chi connectivity index (χ0v) is 8.29. The van der Waals surface area contributed by atoms with Gasteiger partial charge in [-0.1, -0.05) is 11.8 Å². The van der Waals surface area contributed by atoms with Crippen LogP contribution < -0.4 is 5.32 Å². The topological polar surface area (TPSA) is 21.3 Å². The van der Waals surface area contributed by atoms with Crippen LogP contribution in [0.3, 0.4) is 0 Å². The minimum atomic E-state index is -0.240. The van der Waals surface area contributed by atoms with Crippen molar-refractivity contribution in [2.24, 2.45) is 0 Å². The third-order valence-corrected chi connectivity index (χ3v) is 2.15. The van der Waals surface area contributed by atoms with Crippen LogP contribution in [0.25, 0.3) is 0 Å². The van der Waals surface area contributed by atoms with Crippen LogP contribution in [0, 0.1) is 17.7 Å². The van der Waals surface area contributed by atoms with E-state index in [0.29, 0.717) is 6.61 Å². The van der Waals surface area contributed by atoms with Crippen molar-refractivity contribution in [2.75, 3.05) is 19.7 Å². The molecule has 1 saturated heterocycles. The summed E-state index contributed by atoms with van der Waals surface area (Å²) in [6.45, 7) is 2.34. The third-order valence-electron chi connectivity index (χ3n) is 2.15. The highest BCUT2D eigenvalue weighted by atomic mass is 19.1. The predicted molar refractivity (Wildman–Crippen MR) is 55.9 cm³/mol. The molecule has 1 heterocycles. The molecule has 0 aromatic heterocycles. The number of nitrogens with one attached hydrogen (secondary N) is 1. The third kappa shape index (κ3) is 3.05. The summed E-state index contributed by atoms with van der Waals surface area (Å²) in [5.41, 5.74) is 0.811. The van der Waals surface area contributed by atoms with Gasteiger partial charge < -0.3 is 10.1 Å². The lowest BCUT2D eigenvalue weighted by Crippen LogP contribution is -2.37. The van der Waals surface area contributed by atoms with Crippen molar-refractivity contribution < 1.29 is 9.13 Å². The number of benzene rings is 1. The minimum absolute atomic E-state index is 0.0520. The van der Waals surface area contributed by atoms with E-state index in [1.807, 2.05) is 0 Å². The fourth-order valence-electron chi connectivity index (χ4n) is 1.36. The molecular formula is C12H12FNO. The van der Waals surface area contributed by atoms with Crippen LogP contribution in [0.2, 0.25) is 0 Å². The Kier molecular flexibility index (Phi) is 3.33. The first kappa shape index (κ1) is 10.2. The second kappa shape index (κ2) is 4.92. The van der Waals surface area contributed by atoms with Crippen molar-refractivity contribution in [1.82, 2.24) is 5.32 Å². The molecule has 0 amide bonds. The molecule has 1 aliphatic heterocycles. The smallest absolute Gasteiger partial charge is 0.131 e. The largest absolute Gasteiger partial charge is 0.363 e.